The van der Waals surface area contributed by atoms with E-state index in [9.17, 15) is 4.79 Å². The van der Waals surface area contributed by atoms with Gasteiger partial charge in [-0.1, -0.05) is 0 Å². The largest absolute Gasteiger partial charge is 0.515 e. The Morgan fingerprint density at radius 1 is 1.89 bits per heavy atom. The van der Waals surface area contributed by atoms with E-state index in [0.29, 0.717) is 12.0 Å². The third-order valence-electron chi connectivity index (χ3n) is 1.23. The number of ether oxygens (including phenoxy) is 1. The van der Waals surface area contributed by atoms with Crippen LogP contribution in [0.1, 0.15) is 13.3 Å². The van der Waals surface area contributed by atoms with Gasteiger partial charge in [-0.2, -0.15) is 0 Å². The minimum absolute atomic E-state index is 0.0732. The Morgan fingerprint density at radius 3 is 2.78 bits per heavy atom. The van der Waals surface area contributed by atoms with E-state index in [-0.39, 0.29) is 6.10 Å². The molecule has 0 amide bonds. The molecule has 0 aliphatic carbocycles. The van der Waals surface area contributed by atoms with Gasteiger partial charge in [0.2, 0.25) is 0 Å². The summed E-state index contributed by atoms with van der Waals surface area (Å²) < 4.78 is 4.70. The average Bonchev–Trinajstić information content (AvgIpc) is 2.10. The topological polar surface area (TPSA) is 46.5 Å². The fourth-order valence-corrected chi connectivity index (χ4v) is 0.799. The second-order valence-corrected chi connectivity index (χ2v) is 2.07. The van der Waals surface area contributed by atoms with Crippen LogP contribution < -0.4 is 0 Å². The van der Waals surface area contributed by atoms with E-state index in [1.807, 2.05) is 0 Å². The standard InChI is InChI=1S/C6H8O3/c1-4-2-5(3-7)6(8)9-4/h3-4,7H,2H2,1H3/b5-3+. The molecule has 1 aliphatic rings. The predicted octanol–water partition coefficient (Wildman–Crippen LogP) is 0.764. The van der Waals surface area contributed by atoms with Crippen LogP contribution in [0.25, 0.3) is 0 Å². The number of cyclic esters (lactones) is 1. The van der Waals surface area contributed by atoms with Crippen LogP contribution >= 0.6 is 0 Å². The number of rotatable bonds is 0. The van der Waals surface area contributed by atoms with Crippen molar-refractivity contribution in [3.63, 3.8) is 0 Å². The Kier molecular flexibility index (Phi) is 1.42. The first kappa shape index (κ1) is 6.13. The van der Waals surface area contributed by atoms with Crippen molar-refractivity contribution in [2.24, 2.45) is 0 Å². The lowest BCUT2D eigenvalue weighted by molar-refractivity contribution is -0.138. The lowest BCUT2D eigenvalue weighted by Gasteiger charge is -1.94. The maximum atomic E-state index is 10.6. The van der Waals surface area contributed by atoms with E-state index in [1.54, 1.807) is 6.92 Å². The number of hydrogen-bond acceptors (Lipinski definition) is 3. The molecule has 0 spiro atoms. The number of esters is 1. The van der Waals surface area contributed by atoms with Crippen LogP contribution in [0.15, 0.2) is 11.8 Å². The smallest absolute Gasteiger partial charge is 0.337 e. The summed E-state index contributed by atoms with van der Waals surface area (Å²) in [6, 6.07) is 0. The number of aliphatic hydroxyl groups excluding tert-OH is 1. The van der Waals surface area contributed by atoms with Crippen LogP contribution in [0, 0.1) is 0 Å². The van der Waals surface area contributed by atoms with Crippen molar-refractivity contribution in [1.82, 2.24) is 0 Å². The highest BCUT2D eigenvalue weighted by molar-refractivity contribution is 5.90. The molecular formula is C6H8O3. The Labute approximate surface area is 52.9 Å². The van der Waals surface area contributed by atoms with Gasteiger partial charge in [-0.05, 0) is 6.92 Å². The maximum absolute atomic E-state index is 10.6. The maximum Gasteiger partial charge on any atom is 0.337 e. The van der Waals surface area contributed by atoms with Crippen molar-refractivity contribution in [3.8, 4) is 0 Å². The van der Waals surface area contributed by atoms with Crippen LogP contribution in [0.4, 0.5) is 0 Å². The molecule has 0 aromatic rings. The van der Waals surface area contributed by atoms with Crippen LogP contribution in [0.3, 0.4) is 0 Å². The van der Waals surface area contributed by atoms with Gasteiger partial charge in [-0.15, -0.1) is 0 Å². The molecule has 0 aromatic carbocycles. The van der Waals surface area contributed by atoms with Gasteiger partial charge in [0.05, 0.1) is 11.8 Å². The first-order valence-electron chi connectivity index (χ1n) is 2.78. The molecule has 9 heavy (non-hydrogen) atoms. The minimum atomic E-state index is -0.398. The zero-order chi connectivity index (χ0) is 6.85. The lowest BCUT2D eigenvalue weighted by Crippen LogP contribution is -1.99. The highest BCUT2D eigenvalue weighted by Crippen LogP contribution is 2.18. The highest BCUT2D eigenvalue weighted by atomic mass is 16.5. The summed E-state index contributed by atoms with van der Waals surface area (Å²) in [5.41, 5.74) is 0.363. The molecule has 1 fully saturated rings. The summed E-state index contributed by atoms with van der Waals surface area (Å²) in [6.07, 6.45) is 1.26. The molecule has 3 nitrogen and oxygen atoms in total. The molecule has 1 saturated heterocycles. The van der Waals surface area contributed by atoms with E-state index in [0.717, 1.165) is 6.26 Å². The molecule has 0 saturated carbocycles. The molecule has 50 valence electrons. The third-order valence-corrected chi connectivity index (χ3v) is 1.23. The number of aliphatic hydroxyl groups is 1. The molecule has 1 aliphatic heterocycles. The Bertz CT molecular complexity index is 160. The fraction of sp³-hybridized carbons (Fsp3) is 0.500. The predicted molar refractivity (Wildman–Crippen MR) is 30.9 cm³/mol. The van der Waals surface area contributed by atoms with Crippen LogP contribution in [-0.2, 0) is 9.53 Å². The number of carbonyl (C=O) groups excluding carboxylic acids is 1. The quantitative estimate of drug-likeness (QED) is 0.297. The second kappa shape index (κ2) is 2.09. The van der Waals surface area contributed by atoms with Gasteiger partial charge in [0.25, 0.3) is 0 Å². The minimum Gasteiger partial charge on any atom is -0.515 e. The van der Waals surface area contributed by atoms with E-state index < -0.39 is 5.97 Å². The molecule has 1 heterocycles. The summed E-state index contributed by atoms with van der Waals surface area (Å²) in [4.78, 5) is 10.6. The number of carbonyl (C=O) groups is 1. The lowest BCUT2D eigenvalue weighted by atomic mass is 10.2. The van der Waals surface area contributed by atoms with Gasteiger partial charge < -0.3 is 9.84 Å². The highest BCUT2D eigenvalue weighted by Gasteiger charge is 2.24. The molecular weight excluding hydrogens is 120 g/mol. The summed E-state index contributed by atoms with van der Waals surface area (Å²) in [5.74, 6) is -0.398. The number of hydrogen-bond donors (Lipinski definition) is 1. The van der Waals surface area contributed by atoms with Crippen molar-refractivity contribution < 1.29 is 14.6 Å². The molecule has 0 bridgehead atoms. The van der Waals surface area contributed by atoms with E-state index >= 15 is 0 Å². The van der Waals surface area contributed by atoms with Gasteiger partial charge in [-0.25, -0.2) is 4.79 Å². The molecule has 1 atom stereocenters. The summed E-state index contributed by atoms with van der Waals surface area (Å²) in [5, 5.41) is 8.39. The van der Waals surface area contributed by atoms with Crippen LogP contribution in [0.5, 0.6) is 0 Å². The fourth-order valence-electron chi connectivity index (χ4n) is 0.799. The molecule has 1 unspecified atom stereocenters. The van der Waals surface area contributed by atoms with Crippen LogP contribution in [-0.4, -0.2) is 17.2 Å². The molecule has 0 radical (unpaired) electrons. The molecule has 0 aromatic heterocycles. The van der Waals surface area contributed by atoms with Crippen molar-refractivity contribution in [2.75, 3.05) is 0 Å². The van der Waals surface area contributed by atoms with Gasteiger partial charge in [0, 0.05) is 6.42 Å². The summed E-state index contributed by atoms with van der Waals surface area (Å²) in [7, 11) is 0. The van der Waals surface area contributed by atoms with Gasteiger partial charge >= 0.3 is 5.97 Å². The third kappa shape index (κ3) is 1.04. The van der Waals surface area contributed by atoms with Gasteiger partial charge in [0.1, 0.15) is 6.10 Å². The molecule has 3 heteroatoms. The van der Waals surface area contributed by atoms with Crippen LogP contribution in [0.2, 0.25) is 0 Å². The summed E-state index contributed by atoms with van der Waals surface area (Å²) >= 11 is 0. The van der Waals surface area contributed by atoms with E-state index in [4.69, 9.17) is 9.84 Å². The van der Waals surface area contributed by atoms with Crippen molar-refractivity contribution >= 4 is 5.97 Å². The first-order valence-corrected chi connectivity index (χ1v) is 2.78. The summed E-state index contributed by atoms with van der Waals surface area (Å²) in [6.45, 7) is 1.79. The zero-order valence-corrected chi connectivity index (χ0v) is 5.13. The van der Waals surface area contributed by atoms with Gasteiger partial charge in [-0.3, -0.25) is 0 Å². The Balaban J connectivity index is 2.70. The second-order valence-electron chi connectivity index (χ2n) is 2.07. The van der Waals surface area contributed by atoms with Crippen molar-refractivity contribution in [3.05, 3.63) is 11.8 Å². The molecule has 1 rings (SSSR count). The normalized spacial score (nSPS) is 31.0. The Hall–Kier alpha value is -0.990. The SMILES string of the molecule is CC1C/C(=C\O)C(=O)O1. The Morgan fingerprint density at radius 2 is 2.56 bits per heavy atom. The first-order chi connectivity index (χ1) is 4.24. The van der Waals surface area contributed by atoms with E-state index in [1.165, 1.54) is 0 Å². The molecule has 1 N–H and O–H groups in total. The van der Waals surface area contributed by atoms with Crippen molar-refractivity contribution in [1.29, 1.82) is 0 Å². The van der Waals surface area contributed by atoms with E-state index in [2.05, 4.69) is 0 Å². The van der Waals surface area contributed by atoms with Gasteiger partial charge in [0.15, 0.2) is 0 Å². The monoisotopic (exact) mass is 128 g/mol. The van der Waals surface area contributed by atoms with Crippen molar-refractivity contribution in [2.45, 2.75) is 19.4 Å². The zero-order valence-electron chi connectivity index (χ0n) is 5.13. The average molecular weight is 128 g/mol.